The van der Waals surface area contributed by atoms with E-state index in [1.165, 1.54) is 0 Å². The van der Waals surface area contributed by atoms with Crippen LogP contribution in [0.5, 0.6) is 5.75 Å². The molecule has 3 aromatic rings. The molecule has 0 unspecified atom stereocenters. The zero-order valence-electron chi connectivity index (χ0n) is 21.7. The van der Waals surface area contributed by atoms with Crippen LogP contribution < -0.4 is 15.5 Å². The first-order chi connectivity index (χ1) is 18.7. The van der Waals surface area contributed by atoms with Crippen molar-refractivity contribution in [2.45, 2.75) is 58.2 Å². The third-order valence-corrected chi connectivity index (χ3v) is 6.23. The lowest BCUT2D eigenvalue weighted by atomic mass is 10.1. The Hall–Kier alpha value is -3.53. The summed E-state index contributed by atoms with van der Waals surface area (Å²) in [5.74, 6) is 0.960. The number of aromatic nitrogens is 2. The number of nitrogens with zero attached hydrogens (tertiary/aromatic N) is 2. The monoisotopic (exact) mass is 520 g/mol. The van der Waals surface area contributed by atoms with Crippen molar-refractivity contribution in [3.63, 3.8) is 0 Å². The van der Waals surface area contributed by atoms with Gasteiger partial charge in [0.05, 0.1) is 25.5 Å². The van der Waals surface area contributed by atoms with Gasteiger partial charge in [0.15, 0.2) is 0 Å². The van der Waals surface area contributed by atoms with Crippen LogP contribution in [0.3, 0.4) is 0 Å². The van der Waals surface area contributed by atoms with Gasteiger partial charge in [0.2, 0.25) is 11.9 Å². The zero-order chi connectivity index (χ0) is 26.4. The minimum absolute atomic E-state index is 0.332. The van der Waals surface area contributed by atoms with Crippen LogP contribution in [0.15, 0.2) is 54.7 Å². The minimum Gasteiger partial charge on any atom is -0.493 e. The maximum Gasteiger partial charge on any atom is 0.243 e. The van der Waals surface area contributed by atoms with Crippen LogP contribution in [-0.4, -0.2) is 40.9 Å². The van der Waals surface area contributed by atoms with Gasteiger partial charge in [-0.1, -0.05) is 31.0 Å². The van der Waals surface area contributed by atoms with Crippen molar-refractivity contribution in [1.29, 1.82) is 0 Å². The van der Waals surface area contributed by atoms with Gasteiger partial charge < -0.3 is 19.5 Å². The van der Waals surface area contributed by atoms with E-state index >= 15 is 0 Å². The molecule has 2 heterocycles. The molecule has 4 rings (SSSR count). The quantitative estimate of drug-likeness (QED) is 0.201. The van der Waals surface area contributed by atoms with Gasteiger partial charge in [-0.05, 0) is 61.6 Å². The molecular formula is C29H36N4O5. The summed E-state index contributed by atoms with van der Waals surface area (Å²) in [6.45, 7) is 2.90. The first kappa shape index (κ1) is 27.5. The van der Waals surface area contributed by atoms with Crippen LogP contribution in [0.4, 0.5) is 11.6 Å². The highest BCUT2D eigenvalue weighted by Gasteiger charge is 2.10. The molecule has 0 spiro atoms. The average Bonchev–Trinajstić information content (AvgIpc) is 2.94. The molecule has 0 saturated heterocycles. The number of rotatable bonds is 8. The molecule has 0 fully saturated rings. The molecule has 9 nitrogen and oxygen atoms in total. The summed E-state index contributed by atoms with van der Waals surface area (Å²) in [6.07, 6.45) is 7.41. The lowest BCUT2D eigenvalue weighted by Crippen LogP contribution is -2.17. The number of hydroxylamine groups is 1. The smallest absolute Gasteiger partial charge is 0.243 e. The first-order valence-corrected chi connectivity index (χ1v) is 13.2. The van der Waals surface area contributed by atoms with Gasteiger partial charge in [0, 0.05) is 42.6 Å². The predicted molar refractivity (Wildman–Crippen MR) is 144 cm³/mol. The Morgan fingerprint density at radius 3 is 2.71 bits per heavy atom. The molecular weight excluding hydrogens is 484 g/mol. The Balaban J connectivity index is 1.43. The molecule has 1 aromatic heterocycles. The van der Waals surface area contributed by atoms with Crippen LogP contribution >= 0.6 is 0 Å². The normalized spacial score (nSPS) is 14.0. The number of unbranched alkanes of at least 4 members (excludes halogenated alkanes) is 3. The number of carbonyl (C=O) groups excluding carboxylic acids is 1. The summed E-state index contributed by atoms with van der Waals surface area (Å²) in [4.78, 5) is 20.2. The number of fused-ring (bicyclic) bond motifs is 7. The van der Waals surface area contributed by atoms with Crippen LogP contribution in [0.1, 0.15) is 56.1 Å². The van der Waals surface area contributed by atoms with Crippen LogP contribution in [0.2, 0.25) is 0 Å². The van der Waals surface area contributed by atoms with Crippen LogP contribution in [0, 0.1) is 0 Å². The molecule has 3 N–H and O–H groups in total. The Kier molecular flexibility index (Phi) is 10.9. The predicted octanol–water partition coefficient (Wildman–Crippen LogP) is 5.55. The fourth-order valence-electron chi connectivity index (χ4n) is 4.20. The maximum atomic E-state index is 11.1. The van der Waals surface area contributed by atoms with E-state index in [1.807, 2.05) is 36.4 Å². The zero-order valence-corrected chi connectivity index (χ0v) is 21.7. The Bertz CT molecular complexity index is 1170. The summed E-state index contributed by atoms with van der Waals surface area (Å²) in [5, 5.41) is 11.9. The molecule has 202 valence electrons. The molecule has 2 aromatic carbocycles. The van der Waals surface area contributed by atoms with Crippen molar-refractivity contribution in [2.75, 3.05) is 25.1 Å². The molecule has 38 heavy (non-hydrogen) atoms. The summed E-state index contributed by atoms with van der Waals surface area (Å²) >= 11 is 0. The number of hydrogen-bond acceptors (Lipinski definition) is 8. The molecule has 0 saturated carbocycles. The first-order valence-electron chi connectivity index (χ1n) is 13.2. The number of anilines is 2. The van der Waals surface area contributed by atoms with E-state index in [4.69, 9.17) is 24.4 Å². The average molecular weight is 521 g/mol. The van der Waals surface area contributed by atoms with Crippen LogP contribution in [-0.2, 0) is 27.5 Å². The maximum absolute atomic E-state index is 11.1. The van der Waals surface area contributed by atoms with E-state index in [0.29, 0.717) is 45.4 Å². The van der Waals surface area contributed by atoms with Gasteiger partial charge in [-0.3, -0.25) is 10.0 Å². The van der Waals surface area contributed by atoms with Gasteiger partial charge in [-0.15, -0.1) is 0 Å². The third kappa shape index (κ3) is 8.79. The number of nitrogens with one attached hydrogen (secondary N) is 2. The van der Waals surface area contributed by atoms with E-state index < -0.39 is 0 Å². The summed E-state index contributed by atoms with van der Waals surface area (Å²) in [7, 11) is 0. The SMILES string of the molecule is O=C(CCCCCCOc1ccc2cc1COCCCCOCc1cccc(c1)-c1ccnc(n1)N2)NO. The van der Waals surface area contributed by atoms with Crippen molar-refractivity contribution in [3.05, 3.63) is 65.9 Å². The number of ether oxygens (including phenoxy) is 3. The number of benzene rings is 2. The van der Waals surface area contributed by atoms with Crippen LogP contribution in [0.25, 0.3) is 11.3 Å². The molecule has 1 aliphatic heterocycles. The van der Waals surface area contributed by atoms with E-state index in [1.54, 1.807) is 11.7 Å². The minimum atomic E-state index is -0.346. The second-order valence-electron chi connectivity index (χ2n) is 9.27. The summed E-state index contributed by atoms with van der Waals surface area (Å²) < 4.78 is 17.9. The van der Waals surface area contributed by atoms with E-state index in [-0.39, 0.29) is 5.91 Å². The van der Waals surface area contributed by atoms with Crippen molar-refractivity contribution in [1.82, 2.24) is 15.4 Å². The van der Waals surface area contributed by atoms with Gasteiger partial charge in [0.25, 0.3) is 0 Å². The summed E-state index contributed by atoms with van der Waals surface area (Å²) in [6, 6.07) is 16.1. The standard InChI is InChI=1S/C29H36N4O5/c34-28(33-35)10-3-1-2-4-17-38-27-12-11-25-19-24(27)21-37-16-6-5-15-36-20-22-8-7-9-23(18-22)26-13-14-30-29(31-25)32-26/h7-9,11-14,18-19,35H,1-6,10,15-17,20-21H2,(H,33,34)(H,30,31,32). The van der Waals surface area contributed by atoms with Gasteiger partial charge in [-0.2, -0.15) is 0 Å². The van der Waals surface area contributed by atoms with Crippen molar-refractivity contribution >= 4 is 17.5 Å². The molecule has 0 aliphatic carbocycles. The second kappa shape index (κ2) is 15.0. The fourth-order valence-corrected chi connectivity index (χ4v) is 4.20. The number of amides is 1. The van der Waals surface area contributed by atoms with Crippen molar-refractivity contribution in [2.24, 2.45) is 0 Å². The van der Waals surface area contributed by atoms with Gasteiger partial charge in [-0.25, -0.2) is 15.4 Å². The topological polar surface area (TPSA) is 115 Å². The molecule has 1 aliphatic rings. The van der Waals surface area contributed by atoms with Crippen molar-refractivity contribution in [3.8, 4) is 17.0 Å². The highest BCUT2D eigenvalue weighted by molar-refractivity contribution is 5.74. The highest BCUT2D eigenvalue weighted by atomic mass is 16.5. The molecule has 6 bridgehead atoms. The molecule has 9 heteroatoms. The second-order valence-corrected chi connectivity index (χ2v) is 9.27. The van der Waals surface area contributed by atoms with E-state index in [2.05, 4.69) is 22.4 Å². The third-order valence-electron chi connectivity index (χ3n) is 6.23. The molecule has 1 amide bonds. The Morgan fingerprint density at radius 1 is 1.00 bits per heavy atom. The molecule has 0 radical (unpaired) electrons. The lowest BCUT2D eigenvalue weighted by molar-refractivity contribution is -0.129. The highest BCUT2D eigenvalue weighted by Crippen LogP contribution is 2.27. The number of carbonyl (C=O) groups is 1. The van der Waals surface area contributed by atoms with E-state index in [9.17, 15) is 4.79 Å². The number of hydrogen-bond donors (Lipinski definition) is 3. The fraction of sp³-hybridized carbons (Fsp3) is 0.414. The summed E-state index contributed by atoms with van der Waals surface area (Å²) in [5.41, 5.74) is 6.45. The van der Waals surface area contributed by atoms with E-state index in [0.717, 1.165) is 72.3 Å². The largest absolute Gasteiger partial charge is 0.493 e. The molecule has 0 atom stereocenters. The lowest BCUT2D eigenvalue weighted by Gasteiger charge is -2.15. The van der Waals surface area contributed by atoms with Gasteiger partial charge in [0.1, 0.15) is 5.75 Å². The van der Waals surface area contributed by atoms with Crippen molar-refractivity contribution < 1.29 is 24.2 Å². The Labute approximate surface area is 223 Å². The van der Waals surface area contributed by atoms with Gasteiger partial charge >= 0.3 is 0 Å². The Morgan fingerprint density at radius 2 is 1.84 bits per heavy atom.